The van der Waals surface area contributed by atoms with Crippen molar-refractivity contribution < 1.29 is 44.4 Å². The second-order valence-electron chi connectivity index (χ2n) is 10.9. The Bertz CT molecular complexity index is 1280. The summed E-state index contributed by atoms with van der Waals surface area (Å²) in [4.78, 5) is 63.8. The molecule has 14 nitrogen and oxygen atoms in total. The van der Waals surface area contributed by atoms with Crippen LogP contribution in [0.3, 0.4) is 0 Å². The molecule has 0 unspecified atom stereocenters. The average molecular weight is 616 g/mol. The number of benzene rings is 2. The van der Waals surface area contributed by atoms with Gasteiger partial charge in [-0.15, -0.1) is 0 Å². The topological polar surface area (TPSA) is 240 Å². The lowest BCUT2D eigenvalue weighted by molar-refractivity contribution is -0.142. The standard InChI is InChI=1S/C30H41N5O9/c1-16(2)12-22(33-29(42)26(17(3)36)35-25(39)15-31)27(40)32-23(13-18-4-8-20(37)9-5-18)28(41)34-24(30(43)44)14-19-6-10-21(38)11-7-19/h4-11,16-17,22-24,26,36-38H,12-15,31H2,1-3H3,(H,32,40)(H,33,42)(H,34,41)(H,35,39)(H,43,44)/t17-,22+,23+,24+,26+/m1/s1. The molecule has 0 saturated carbocycles. The largest absolute Gasteiger partial charge is 0.508 e. The number of aliphatic hydroxyl groups is 1. The molecule has 4 amide bonds. The lowest BCUT2D eigenvalue weighted by atomic mass is 9.99. The van der Waals surface area contributed by atoms with E-state index in [1.165, 1.54) is 55.5 Å². The minimum Gasteiger partial charge on any atom is -0.508 e. The SMILES string of the molecule is CC(C)C[C@H](NC(=O)[C@@H](NC(=O)CN)[C@@H](C)O)C(=O)N[C@@H](Cc1ccc(O)cc1)C(=O)N[C@@H](Cc1ccc(O)cc1)C(=O)O. The van der Waals surface area contributed by atoms with E-state index >= 15 is 0 Å². The van der Waals surface area contributed by atoms with Crippen molar-refractivity contribution in [3.05, 3.63) is 59.7 Å². The summed E-state index contributed by atoms with van der Waals surface area (Å²) in [6.45, 7) is 4.46. The molecule has 14 heteroatoms. The number of aromatic hydroxyl groups is 2. The second kappa shape index (κ2) is 16.8. The van der Waals surface area contributed by atoms with Crippen molar-refractivity contribution in [3.8, 4) is 11.5 Å². The number of aliphatic carboxylic acids is 1. The van der Waals surface area contributed by atoms with Crippen LogP contribution in [0.1, 0.15) is 38.3 Å². The Morgan fingerprint density at radius 1 is 0.682 bits per heavy atom. The van der Waals surface area contributed by atoms with Crippen LogP contribution in [0.25, 0.3) is 0 Å². The molecule has 240 valence electrons. The molecule has 0 fully saturated rings. The molecule has 0 radical (unpaired) electrons. The van der Waals surface area contributed by atoms with E-state index in [1.807, 2.05) is 0 Å². The maximum Gasteiger partial charge on any atom is 0.326 e. The van der Waals surface area contributed by atoms with Crippen LogP contribution in [0.4, 0.5) is 0 Å². The number of carbonyl (C=O) groups is 5. The van der Waals surface area contributed by atoms with Gasteiger partial charge in [0.05, 0.1) is 12.6 Å². The Balaban J connectivity index is 2.32. The highest BCUT2D eigenvalue weighted by molar-refractivity contribution is 5.95. The summed E-state index contributed by atoms with van der Waals surface area (Å²) in [5, 5.41) is 48.9. The van der Waals surface area contributed by atoms with Crippen LogP contribution in [0.5, 0.6) is 11.5 Å². The number of amides is 4. The number of carbonyl (C=O) groups excluding carboxylic acids is 4. The number of phenols is 2. The zero-order valence-electron chi connectivity index (χ0n) is 24.8. The van der Waals surface area contributed by atoms with Gasteiger partial charge < -0.3 is 47.4 Å². The molecule has 10 N–H and O–H groups in total. The summed E-state index contributed by atoms with van der Waals surface area (Å²) < 4.78 is 0. The molecule has 0 spiro atoms. The smallest absolute Gasteiger partial charge is 0.326 e. The Labute approximate surface area is 255 Å². The number of carboxylic acid groups (broad SMARTS) is 1. The van der Waals surface area contributed by atoms with E-state index in [-0.39, 0.29) is 36.7 Å². The van der Waals surface area contributed by atoms with Gasteiger partial charge in [-0.1, -0.05) is 38.1 Å². The Morgan fingerprint density at radius 3 is 1.55 bits per heavy atom. The summed E-state index contributed by atoms with van der Waals surface area (Å²) in [7, 11) is 0. The van der Waals surface area contributed by atoms with Gasteiger partial charge >= 0.3 is 5.97 Å². The molecule has 2 rings (SSSR count). The predicted molar refractivity (Wildman–Crippen MR) is 159 cm³/mol. The third-order valence-corrected chi connectivity index (χ3v) is 6.61. The number of hydrogen-bond donors (Lipinski definition) is 9. The number of hydrogen-bond acceptors (Lipinski definition) is 9. The number of aliphatic hydroxyl groups excluding tert-OH is 1. The molecule has 44 heavy (non-hydrogen) atoms. The van der Waals surface area contributed by atoms with Gasteiger partial charge in [0.2, 0.25) is 23.6 Å². The van der Waals surface area contributed by atoms with Gasteiger partial charge in [-0.05, 0) is 54.7 Å². The van der Waals surface area contributed by atoms with Crippen LogP contribution in [-0.4, -0.2) is 86.8 Å². The van der Waals surface area contributed by atoms with Gasteiger partial charge in [-0.3, -0.25) is 19.2 Å². The Morgan fingerprint density at radius 2 is 1.11 bits per heavy atom. The normalized spacial score (nSPS) is 14.4. The fraction of sp³-hybridized carbons (Fsp3) is 0.433. The second-order valence-corrected chi connectivity index (χ2v) is 10.9. The number of nitrogens with two attached hydrogens (primary N) is 1. The molecule has 0 bridgehead atoms. The minimum atomic E-state index is -1.40. The monoisotopic (exact) mass is 615 g/mol. The first-order valence-corrected chi connectivity index (χ1v) is 14.1. The molecule has 0 heterocycles. The van der Waals surface area contributed by atoms with Crippen molar-refractivity contribution in [2.75, 3.05) is 6.54 Å². The van der Waals surface area contributed by atoms with Gasteiger partial charge in [0, 0.05) is 12.8 Å². The molecule has 0 aliphatic rings. The highest BCUT2D eigenvalue weighted by Crippen LogP contribution is 2.14. The molecule has 0 saturated heterocycles. The molecule has 0 aliphatic carbocycles. The zero-order valence-corrected chi connectivity index (χ0v) is 24.8. The van der Waals surface area contributed by atoms with Crippen LogP contribution >= 0.6 is 0 Å². The van der Waals surface area contributed by atoms with Crippen LogP contribution < -0.4 is 27.0 Å². The van der Waals surface area contributed by atoms with Gasteiger partial charge in [-0.25, -0.2) is 4.79 Å². The molecule has 2 aromatic carbocycles. The molecule has 5 atom stereocenters. The molecule has 0 aromatic heterocycles. The number of carboxylic acids is 1. The van der Waals surface area contributed by atoms with Crippen molar-refractivity contribution in [2.24, 2.45) is 11.7 Å². The van der Waals surface area contributed by atoms with Crippen LogP contribution in [0.15, 0.2) is 48.5 Å². The summed E-state index contributed by atoms with van der Waals surface area (Å²) in [5.74, 6) is -4.58. The van der Waals surface area contributed by atoms with Gasteiger partial charge in [0.25, 0.3) is 0 Å². The minimum absolute atomic E-state index is 0.00842. The summed E-state index contributed by atoms with van der Waals surface area (Å²) >= 11 is 0. The molecular formula is C30H41N5O9. The van der Waals surface area contributed by atoms with E-state index < -0.39 is 66.4 Å². The Kier molecular flexibility index (Phi) is 13.6. The van der Waals surface area contributed by atoms with E-state index in [4.69, 9.17) is 5.73 Å². The lowest BCUT2D eigenvalue weighted by Gasteiger charge is -2.27. The summed E-state index contributed by atoms with van der Waals surface area (Å²) in [6, 6.07) is 6.39. The quantitative estimate of drug-likeness (QED) is 0.115. The van der Waals surface area contributed by atoms with Crippen molar-refractivity contribution >= 4 is 29.6 Å². The van der Waals surface area contributed by atoms with Crippen molar-refractivity contribution in [2.45, 2.75) is 70.3 Å². The molecular weight excluding hydrogens is 574 g/mol. The molecule has 2 aromatic rings. The Hall–Kier alpha value is -4.69. The van der Waals surface area contributed by atoms with Crippen LogP contribution in [0.2, 0.25) is 0 Å². The van der Waals surface area contributed by atoms with E-state index in [0.717, 1.165) is 0 Å². The zero-order chi connectivity index (χ0) is 33.0. The van der Waals surface area contributed by atoms with Crippen molar-refractivity contribution in [3.63, 3.8) is 0 Å². The highest BCUT2D eigenvalue weighted by Gasteiger charge is 2.33. The maximum atomic E-state index is 13.5. The van der Waals surface area contributed by atoms with E-state index in [1.54, 1.807) is 13.8 Å². The molecule has 0 aliphatic heterocycles. The van der Waals surface area contributed by atoms with E-state index in [2.05, 4.69) is 21.3 Å². The highest BCUT2D eigenvalue weighted by atomic mass is 16.4. The van der Waals surface area contributed by atoms with Crippen molar-refractivity contribution in [1.82, 2.24) is 21.3 Å². The maximum absolute atomic E-state index is 13.5. The fourth-order valence-corrected chi connectivity index (χ4v) is 4.29. The van der Waals surface area contributed by atoms with E-state index in [9.17, 15) is 44.4 Å². The van der Waals surface area contributed by atoms with Gasteiger partial charge in [0.15, 0.2) is 0 Å². The number of nitrogens with one attached hydrogen (secondary N) is 4. The predicted octanol–water partition coefficient (Wildman–Crippen LogP) is -0.708. The van der Waals surface area contributed by atoms with Crippen LogP contribution in [0, 0.1) is 5.92 Å². The third-order valence-electron chi connectivity index (χ3n) is 6.61. The van der Waals surface area contributed by atoms with Gasteiger partial charge in [-0.2, -0.15) is 0 Å². The first kappa shape index (κ1) is 35.5. The number of phenolic OH excluding ortho intramolecular Hbond substituents is 2. The van der Waals surface area contributed by atoms with Crippen molar-refractivity contribution in [1.29, 1.82) is 0 Å². The first-order valence-electron chi connectivity index (χ1n) is 14.1. The van der Waals surface area contributed by atoms with E-state index in [0.29, 0.717) is 11.1 Å². The van der Waals surface area contributed by atoms with Crippen LogP contribution in [-0.2, 0) is 36.8 Å². The average Bonchev–Trinajstić information content (AvgIpc) is 2.96. The number of rotatable bonds is 16. The lowest BCUT2D eigenvalue weighted by Crippen LogP contribution is -2.60. The summed E-state index contributed by atoms with van der Waals surface area (Å²) in [6.07, 6.45) is -1.39. The third kappa shape index (κ3) is 11.5. The van der Waals surface area contributed by atoms with Gasteiger partial charge in [0.1, 0.15) is 35.7 Å². The summed E-state index contributed by atoms with van der Waals surface area (Å²) in [5.41, 5.74) is 6.37. The fourth-order valence-electron chi connectivity index (χ4n) is 4.29. The first-order chi connectivity index (χ1) is 20.7.